The maximum Gasteiger partial charge on any atom is 0.303 e. The van der Waals surface area contributed by atoms with Gasteiger partial charge in [-0.25, -0.2) is 15.8 Å². The van der Waals surface area contributed by atoms with E-state index >= 15 is 0 Å². The van der Waals surface area contributed by atoms with Crippen molar-refractivity contribution in [3.8, 4) is 0 Å². The first-order valence-corrected chi connectivity index (χ1v) is 26.4. The molecule has 0 saturated carbocycles. The highest BCUT2D eigenvalue weighted by Gasteiger charge is 2.47. The van der Waals surface area contributed by atoms with E-state index in [0.29, 0.717) is 79.3 Å². The van der Waals surface area contributed by atoms with Gasteiger partial charge >= 0.3 is 5.97 Å². The molecule has 2 heterocycles. The molecule has 2 aliphatic heterocycles. The first-order chi connectivity index (χ1) is 31.0. The average molecular weight is 1010 g/mol. The lowest BCUT2D eigenvalue weighted by atomic mass is 9.75. The number of rotatable bonds is 32. The Morgan fingerprint density at radius 1 is 0.754 bits per heavy atom. The van der Waals surface area contributed by atoms with Crippen molar-refractivity contribution in [3.05, 3.63) is 83.6 Å². The Balaban J connectivity index is 1.77. The van der Waals surface area contributed by atoms with Crippen LogP contribution in [0.25, 0.3) is 0 Å². The van der Waals surface area contributed by atoms with Crippen molar-refractivity contribution in [2.45, 2.75) is 112 Å². The predicted octanol–water partition coefficient (Wildman–Crippen LogP) is 9.28. The van der Waals surface area contributed by atoms with Crippen molar-refractivity contribution in [1.82, 2.24) is 0 Å². The topological polar surface area (TPSA) is 268 Å². The third-order valence-electron chi connectivity index (χ3n) is 11.4. The molecule has 65 heavy (non-hydrogen) atoms. The van der Waals surface area contributed by atoms with Gasteiger partial charge in [0.2, 0.25) is 5.69 Å². The molecule has 6 N–H and O–H groups in total. The third-order valence-corrected chi connectivity index (χ3v) is 14.8. The molecule has 2 atom stereocenters. The lowest BCUT2D eigenvalue weighted by Gasteiger charge is -2.30. The molecule has 19 nitrogen and oxygen atoms in total. The van der Waals surface area contributed by atoms with Gasteiger partial charge < -0.3 is 10.0 Å². The van der Waals surface area contributed by atoms with Gasteiger partial charge in [-0.2, -0.15) is 21.4 Å². The highest BCUT2D eigenvalue weighted by atomic mass is 32.2. The summed E-state index contributed by atoms with van der Waals surface area (Å²) in [7, 11) is -8.80. The molecule has 2 aromatic rings. The Hall–Kier alpha value is -2.89. The van der Waals surface area contributed by atoms with Crippen molar-refractivity contribution in [1.29, 1.82) is 0 Å². The summed E-state index contributed by atoms with van der Waals surface area (Å²) >= 11 is 2.82. The molecule has 362 valence electrons. The predicted molar refractivity (Wildman–Crippen MR) is 246 cm³/mol. The van der Waals surface area contributed by atoms with Gasteiger partial charge in [0.1, 0.15) is 6.54 Å². The van der Waals surface area contributed by atoms with Gasteiger partial charge in [-0.3, -0.25) is 13.9 Å². The SMILES string of the molecule is CC1(CCCCSOOO)C(/C=C/C=C/C=C2/N(CCCCCC(=O)O)c3ccc(S(=O)(=O)O)cc3C2(C)CCCCS(=O)(=O)O)=[N+](CCCCSOOO)c2ccc(SOOO)cc21. The van der Waals surface area contributed by atoms with Crippen LogP contribution >= 0.6 is 36.1 Å². The number of fused-ring (bicyclic) bond motifs is 2. The summed E-state index contributed by atoms with van der Waals surface area (Å²) in [6.07, 6.45) is 15.9. The fraction of sp³-hybridized carbons (Fsp3) is 0.512. The van der Waals surface area contributed by atoms with Crippen molar-refractivity contribution in [2.75, 3.05) is 35.2 Å². The van der Waals surface area contributed by atoms with Crippen LogP contribution in [0.3, 0.4) is 0 Å². The van der Waals surface area contributed by atoms with Crippen LogP contribution in [0.15, 0.2) is 82.3 Å². The lowest BCUT2D eigenvalue weighted by Crippen LogP contribution is -2.31. The molecule has 2 aromatic carbocycles. The number of hydrogen-bond acceptors (Lipinski definition) is 18. The van der Waals surface area contributed by atoms with Gasteiger partial charge in [-0.1, -0.05) is 52.6 Å². The van der Waals surface area contributed by atoms with E-state index in [1.54, 1.807) is 6.07 Å². The van der Waals surface area contributed by atoms with Crippen LogP contribution in [0.1, 0.15) is 102 Å². The van der Waals surface area contributed by atoms with Crippen LogP contribution in [-0.2, 0) is 64.0 Å². The first-order valence-electron chi connectivity index (χ1n) is 20.8. The van der Waals surface area contributed by atoms with Crippen molar-refractivity contribution in [3.63, 3.8) is 0 Å². The highest BCUT2D eigenvalue weighted by Crippen LogP contribution is 2.52. The van der Waals surface area contributed by atoms with Crippen molar-refractivity contribution >= 4 is 79.4 Å². The van der Waals surface area contributed by atoms with E-state index < -0.39 is 42.8 Å². The zero-order valence-electron chi connectivity index (χ0n) is 36.0. The quantitative estimate of drug-likeness (QED) is 0.00758. The number of carbonyl (C=O) groups is 1. The van der Waals surface area contributed by atoms with Crippen LogP contribution in [-0.4, -0.2) is 93.4 Å². The fourth-order valence-corrected chi connectivity index (χ4v) is 10.7. The summed E-state index contributed by atoms with van der Waals surface area (Å²) in [4.78, 5) is 13.7. The third kappa shape index (κ3) is 16.1. The maximum absolute atomic E-state index is 12.4. The zero-order chi connectivity index (χ0) is 47.5. The van der Waals surface area contributed by atoms with E-state index in [4.69, 9.17) is 20.1 Å². The number of carboxylic acids is 1. The molecule has 0 aliphatic carbocycles. The minimum absolute atomic E-state index is 0.0213. The van der Waals surface area contributed by atoms with Gasteiger partial charge in [0.05, 0.1) is 28.1 Å². The fourth-order valence-electron chi connectivity index (χ4n) is 8.36. The molecule has 0 bridgehead atoms. The summed E-state index contributed by atoms with van der Waals surface area (Å²) in [5, 5.41) is 46.4. The number of allylic oxidation sites excluding steroid dienone is 6. The van der Waals surface area contributed by atoms with Crippen LogP contribution in [0, 0.1) is 0 Å². The van der Waals surface area contributed by atoms with Gasteiger partial charge in [-0.05, 0) is 101 Å². The Labute approximate surface area is 392 Å². The number of benzene rings is 2. The van der Waals surface area contributed by atoms with Crippen molar-refractivity contribution < 1.29 is 84.3 Å². The molecule has 0 saturated heterocycles. The van der Waals surface area contributed by atoms with Crippen LogP contribution in [0.2, 0.25) is 0 Å². The second kappa shape index (κ2) is 26.6. The minimum Gasteiger partial charge on any atom is -0.481 e. The molecule has 0 spiro atoms. The Morgan fingerprint density at radius 2 is 1.43 bits per heavy atom. The maximum atomic E-state index is 12.4. The molecule has 24 heteroatoms. The monoisotopic (exact) mass is 1010 g/mol. The molecule has 2 unspecified atom stereocenters. The first kappa shape index (κ1) is 54.7. The molecule has 0 fully saturated rings. The van der Waals surface area contributed by atoms with E-state index in [0.717, 1.165) is 84.5 Å². The van der Waals surface area contributed by atoms with Crippen molar-refractivity contribution in [2.24, 2.45) is 0 Å². The molecule has 0 radical (unpaired) electrons. The average Bonchev–Trinajstić information content (AvgIpc) is 3.62. The standard InChI is InChI=1S/C41H56N2O17S5/c1-40(22-8-12-26-61-58-55-46)33-29-31(63-60-57-48)18-20-35(33)43(25-11-13-27-62-59-56-47)37(40)15-5-3-6-16-38-41(2,23-9-14-28-64(49,50)51)34-30-32(65(52,53)54)19-21-36(34)42(38)24-10-4-7-17-39(44)45/h3,5-6,15-16,18-21,29-30H,4,7-14,17,22-28H2,1-2H3,(H5-,44,45,46,47,48,49,50,51,52,53,54)/p+1. The number of unbranched alkanes of at least 4 members (excludes halogenated alkanes) is 5. The normalized spacial score (nSPS) is 19.4. The molecule has 0 amide bonds. The molecular formula is C41H57N2O17S5+. The number of aliphatic carboxylic acids is 1. The van der Waals surface area contributed by atoms with Crippen LogP contribution < -0.4 is 4.90 Å². The second-order valence-corrected chi connectivity index (χ2v) is 21.1. The zero-order valence-corrected chi connectivity index (χ0v) is 40.1. The number of nitrogens with zero attached hydrogens (tertiary/aromatic N) is 2. The summed E-state index contributed by atoms with van der Waals surface area (Å²) < 4.78 is 83.5. The Kier molecular flexibility index (Phi) is 22.4. The van der Waals surface area contributed by atoms with E-state index in [1.165, 1.54) is 12.1 Å². The number of hydrogen-bond donors (Lipinski definition) is 6. The molecular weight excluding hydrogens is 953 g/mol. The molecule has 2 aliphatic rings. The number of carboxylic acid groups (broad SMARTS) is 1. The Morgan fingerprint density at radius 3 is 2.09 bits per heavy atom. The largest absolute Gasteiger partial charge is 0.481 e. The smallest absolute Gasteiger partial charge is 0.303 e. The van der Waals surface area contributed by atoms with E-state index in [2.05, 4.69) is 40.2 Å². The van der Waals surface area contributed by atoms with Gasteiger partial charge in [0.15, 0.2) is 5.71 Å². The van der Waals surface area contributed by atoms with Gasteiger partial charge in [0.25, 0.3) is 20.2 Å². The second-order valence-electron chi connectivity index (χ2n) is 15.7. The molecule has 4 rings (SSSR count). The molecule has 0 aromatic heterocycles. The summed E-state index contributed by atoms with van der Waals surface area (Å²) in [5.41, 5.74) is 3.66. The van der Waals surface area contributed by atoms with Gasteiger partial charge in [0, 0.05) is 94.4 Å². The van der Waals surface area contributed by atoms with E-state index in [1.807, 2.05) is 55.5 Å². The van der Waals surface area contributed by atoms with E-state index in [9.17, 15) is 35.8 Å². The minimum atomic E-state index is -4.58. The highest BCUT2D eigenvalue weighted by molar-refractivity contribution is 7.95. The lowest BCUT2D eigenvalue weighted by molar-refractivity contribution is -0.438. The summed E-state index contributed by atoms with van der Waals surface area (Å²) in [5.74, 6) is -0.214. The Bertz CT molecular complexity index is 2240. The van der Waals surface area contributed by atoms with Crippen LogP contribution in [0.5, 0.6) is 0 Å². The van der Waals surface area contributed by atoms with E-state index in [-0.39, 0.29) is 17.7 Å². The van der Waals surface area contributed by atoms with Gasteiger partial charge in [-0.15, -0.1) is 13.0 Å². The number of anilines is 1. The summed E-state index contributed by atoms with van der Waals surface area (Å²) in [6.45, 7) is 5.16. The van der Waals surface area contributed by atoms with Crippen LogP contribution in [0.4, 0.5) is 11.4 Å². The summed E-state index contributed by atoms with van der Waals surface area (Å²) in [6, 6.07) is 10.2.